The summed E-state index contributed by atoms with van der Waals surface area (Å²) >= 11 is 0. The van der Waals surface area contributed by atoms with Crippen molar-refractivity contribution in [1.29, 1.82) is 0 Å². The maximum Gasteiger partial charge on any atom is 0.241 e. The van der Waals surface area contributed by atoms with Gasteiger partial charge in [-0.2, -0.15) is 0 Å². The van der Waals surface area contributed by atoms with Gasteiger partial charge in [0.05, 0.1) is 11.4 Å². The lowest BCUT2D eigenvalue weighted by atomic mass is 10.2. The van der Waals surface area contributed by atoms with Crippen LogP contribution in [-0.4, -0.2) is 31.8 Å². The molecule has 0 saturated heterocycles. The van der Waals surface area contributed by atoms with Crippen molar-refractivity contribution in [3.05, 3.63) is 66.2 Å². The maximum atomic E-state index is 12.5. The Kier molecular flexibility index (Phi) is 6.11. The van der Waals surface area contributed by atoms with E-state index in [0.29, 0.717) is 6.54 Å². The first kappa shape index (κ1) is 18.2. The second-order valence-electron chi connectivity index (χ2n) is 5.74. The third-order valence-electron chi connectivity index (χ3n) is 3.61. The average molecular weight is 346 g/mol. The van der Waals surface area contributed by atoms with E-state index in [9.17, 15) is 13.2 Å². The molecule has 0 aromatic heterocycles. The highest BCUT2D eigenvalue weighted by molar-refractivity contribution is 7.89. The molecule has 0 radical (unpaired) electrons. The van der Waals surface area contributed by atoms with Crippen LogP contribution in [0.5, 0.6) is 0 Å². The fourth-order valence-electron chi connectivity index (χ4n) is 2.28. The molecule has 0 heterocycles. The van der Waals surface area contributed by atoms with E-state index < -0.39 is 10.0 Å². The van der Waals surface area contributed by atoms with Crippen molar-refractivity contribution in [2.45, 2.75) is 31.3 Å². The SMILES string of the molecule is CC(C)N(Cc1ccccc1)C(=O)CNS(=O)(=O)c1ccccc1. The van der Waals surface area contributed by atoms with Gasteiger partial charge < -0.3 is 4.90 Å². The van der Waals surface area contributed by atoms with Crippen LogP contribution in [0.2, 0.25) is 0 Å². The van der Waals surface area contributed by atoms with Crippen LogP contribution in [-0.2, 0) is 21.4 Å². The Morgan fingerprint density at radius 3 is 2.08 bits per heavy atom. The first-order valence-electron chi connectivity index (χ1n) is 7.78. The molecule has 0 unspecified atom stereocenters. The minimum absolute atomic E-state index is 0.0288. The number of hydrogen-bond acceptors (Lipinski definition) is 3. The van der Waals surface area contributed by atoms with E-state index in [1.54, 1.807) is 23.1 Å². The van der Waals surface area contributed by atoms with Crippen LogP contribution in [0.3, 0.4) is 0 Å². The van der Waals surface area contributed by atoms with Crippen LogP contribution in [0, 0.1) is 0 Å². The molecule has 0 aliphatic carbocycles. The number of sulfonamides is 1. The van der Waals surface area contributed by atoms with Crippen molar-refractivity contribution >= 4 is 15.9 Å². The molecular weight excluding hydrogens is 324 g/mol. The molecule has 24 heavy (non-hydrogen) atoms. The number of amides is 1. The summed E-state index contributed by atoms with van der Waals surface area (Å²) in [5.41, 5.74) is 1.01. The smallest absolute Gasteiger partial charge is 0.241 e. The molecule has 1 N–H and O–H groups in total. The second-order valence-corrected chi connectivity index (χ2v) is 7.51. The Hall–Kier alpha value is -2.18. The van der Waals surface area contributed by atoms with Crippen LogP contribution in [0.1, 0.15) is 19.4 Å². The second kappa shape index (κ2) is 8.08. The van der Waals surface area contributed by atoms with E-state index in [-0.39, 0.29) is 23.4 Å². The number of nitrogens with one attached hydrogen (secondary N) is 1. The van der Waals surface area contributed by atoms with Gasteiger partial charge in [0.1, 0.15) is 0 Å². The summed E-state index contributed by atoms with van der Waals surface area (Å²) in [6, 6.07) is 17.6. The standard InChI is InChI=1S/C18H22N2O3S/c1-15(2)20(14-16-9-5-3-6-10-16)18(21)13-19-24(22,23)17-11-7-4-8-12-17/h3-12,15,19H,13-14H2,1-2H3. The first-order chi connectivity index (χ1) is 11.4. The van der Waals surface area contributed by atoms with Crippen molar-refractivity contribution in [3.8, 4) is 0 Å². The Bertz CT molecular complexity index is 759. The molecule has 6 heteroatoms. The minimum Gasteiger partial charge on any atom is -0.335 e. The minimum atomic E-state index is -3.68. The molecule has 0 spiro atoms. The predicted molar refractivity (Wildman–Crippen MR) is 93.8 cm³/mol. The summed E-state index contributed by atoms with van der Waals surface area (Å²) in [5.74, 6) is -0.256. The van der Waals surface area contributed by atoms with E-state index in [1.165, 1.54) is 12.1 Å². The van der Waals surface area contributed by atoms with Crippen LogP contribution in [0.15, 0.2) is 65.6 Å². The molecule has 5 nitrogen and oxygen atoms in total. The summed E-state index contributed by atoms with van der Waals surface area (Å²) in [6.07, 6.45) is 0. The van der Waals surface area contributed by atoms with Gasteiger partial charge in [-0.3, -0.25) is 4.79 Å². The van der Waals surface area contributed by atoms with Crippen LogP contribution in [0.4, 0.5) is 0 Å². The van der Waals surface area contributed by atoms with E-state index in [4.69, 9.17) is 0 Å². The Labute approximate surface area is 143 Å². The van der Waals surface area contributed by atoms with Crippen molar-refractivity contribution in [3.63, 3.8) is 0 Å². The molecule has 1 amide bonds. The van der Waals surface area contributed by atoms with Gasteiger partial charge in [0.25, 0.3) is 0 Å². The topological polar surface area (TPSA) is 66.5 Å². The fraction of sp³-hybridized carbons (Fsp3) is 0.278. The zero-order valence-corrected chi connectivity index (χ0v) is 14.7. The molecule has 0 aliphatic heterocycles. The summed E-state index contributed by atoms with van der Waals surface area (Å²) in [5, 5.41) is 0. The van der Waals surface area contributed by atoms with E-state index in [0.717, 1.165) is 5.56 Å². The van der Waals surface area contributed by atoms with Crippen LogP contribution < -0.4 is 4.72 Å². The monoisotopic (exact) mass is 346 g/mol. The zero-order chi connectivity index (χ0) is 17.6. The van der Waals surface area contributed by atoms with Gasteiger partial charge in [0, 0.05) is 12.6 Å². The molecule has 2 aromatic rings. The average Bonchev–Trinajstić information content (AvgIpc) is 2.59. The summed E-state index contributed by atoms with van der Waals surface area (Å²) in [6.45, 7) is 4.01. The first-order valence-corrected chi connectivity index (χ1v) is 9.26. The highest BCUT2D eigenvalue weighted by Gasteiger charge is 2.20. The van der Waals surface area contributed by atoms with Crippen molar-refractivity contribution < 1.29 is 13.2 Å². The van der Waals surface area contributed by atoms with E-state index in [2.05, 4.69) is 4.72 Å². The van der Waals surface area contributed by atoms with Gasteiger partial charge in [-0.25, -0.2) is 13.1 Å². The largest absolute Gasteiger partial charge is 0.335 e. The van der Waals surface area contributed by atoms with Crippen molar-refractivity contribution in [2.75, 3.05) is 6.54 Å². The third-order valence-corrected chi connectivity index (χ3v) is 5.02. The summed E-state index contributed by atoms with van der Waals surface area (Å²) in [4.78, 5) is 14.3. The quantitative estimate of drug-likeness (QED) is 0.837. The number of benzene rings is 2. The lowest BCUT2D eigenvalue weighted by Gasteiger charge is -2.27. The van der Waals surface area contributed by atoms with Crippen molar-refractivity contribution in [1.82, 2.24) is 9.62 Å². The molecule has 0 fully saturated rings. The highest BCUT2D eigenvalue weighted by atomic mass is 32.2. The molecule has 0 saturated carbocycles. The Balaban J connectivity index is 2.03. The highest BCUT2D eigenvalue weighted by Crippen LogP contribution is 2.10. The molecule has 128 valence electrons. The fourth-order valence-corrected chi connectivity index (χ4v) is 3.28. The van der Waals surface area contributed by atoms with Crippen molar-refractivity contribution in [2.24, 2.45) is 0 Å². The third kappa shape index (κ3) is 4.91. The van der Waals surface area contributed by atoms with Gasteiger partial charge in [-0.1, -0.05) is 48.5 Å². The predicted octanol–water partition coefficient (Wildman–Crippen LogP) is 2.40. The van der Waals surface area contributed by atoms with E-state index >= 15 is 0 Å². The van der Waals surface area contributed by atoms with Gasteiger partial charge in [-0.05, 0) is 31.5 Å². The molecule has 0 bridgehead atoms. The Morgan fingerprint density at radius 1 is 1.00 bits per heavy atom. The van der Waals surface area contributed by atoms with Crippen LogP contribution in [0.25, 0.3) is 0 Å². The summed E-state index contributed by atoms with van der Waals surface area (Å²) in [7, 11) is -3.68. The lowest BCUT2D eigenvalue weighted by Crippen LogP contribution is -2.43. The number of carbonyl (C=O) groups excluding carboxylic acids is 1. The number of carbonyl (C=O) groups is 1. The molecule has 2 rings (SSSR count). The number of hydrogen-bond donors (Lipinski definition) is 1. The lowest BCUT2D eigenvalue weighted by molar-refractivity contribution is -0.132. The molecule has 2 aromatic carbocycles. The number of rotatable bonds is 7. The van der Waals surface area contributed by atoms with E-state index in [1.807, 2.05) is 44.2 Å². The van der Waals surface area contributed by atoms with Gasteiger partial charge in [0.2, 0.25) is 15.9 Å². The van der Waals surface area contributed by atoms with Gasteiger partial charge in [-0.15, -0.1) is 0 Å². The normalized spacial score (nSPS) is 11.5. The summed E-state index contributed by atoms with van der Waals surface area (Å²) < 4.78 is 26.8. The molecule has 0 atom stereocenters. The zero-order valence-electron chi connectivity index (χ0n) is 13.8. The molecule has 0 aliphatic rings. The maximum absolute atomic E-state index is 12.5. The Morgan fingerprint density at radius 2 is 1.54 bits per heavy atom. The number of nitrogens with zero attached hydrogens (tertiary/aromatic N) is 1. The van der Waals surface area contributed by atoms with Gasteiger partial charge in [0.15, 0.2) is 0 Å². The van der Waals surface area contributed by atoms with Crippen LogP contribution >= 0.6 is 0 Å². The molecular formula is C18H22N2O3S. The van der Waals surface area contributed by atoms with Gasteiger partial charge >= 0.3 is 0 Å².